The molecule has 28 heavy (non-hydrogen) atoms. The Kier molecular flexibility index (Phi) is 6.94. The zero-order chi connectivity index (χ0) is 20.7. The molecule has 0 aliphatic carbocycles. The molecule has 0 heterocycles. The number of nitrogens with one attached hydrogen (secondary N) is 2. The van der Waals surface area contributed by atoms with E-state index in [0.717, 1.165) is 6.26 Å². The maximum Gasteiger partial charge on any atom is 0.253 e. The molecule has 0 aromatic heterocycles. The van der Waals surface area contributed by atoms with Gasteiger partial charge in [0, 0.05) is 35.6 Å². The Morgan fingerprint density at radius 2 is 1.36 bits per heavy atom. The van der Waals surface area contributed by atoms with Crippen LogP contribution < -0.4 is 29.6 Å². The van der Waals surface area contributed by atoms with E-state index in [2.05, 4.69) is 15.0 Å². The van der Waals surface area contributed by atoms with Crippen molar-refractivity contribution in [3.8, 4) is 23.0 Å². The molecule has 0 amide bonds. The number of hydrogen-bond donors (Lipinski definition) is 2. The molecule has 152 valence electrons. The third-order valence-electron chi connectivity index (χ3n) is 3.52. The average Bonchev–Trinajstić information content (AvgIpc) is 2.66. The van der Waals surface area contributed by atoms with Crippen molar-refractivity contribution < 1.29 is 27.4 Å². The minimum Gasteiger partial charge on any atom is -0.497 e. The molecule has 0 atom stereocenters. The van der Waals surface area contributed by atoms with Crippen LogP contribution in [-0.4, -0.2) is 49.1 Å². The van der Waals surface area contributed by atoms with Gasteiger partial charge in [0.15, 0.2) is 11.5 Å². The minimum atomic E-state index is -3.68. The molecule has 2 aromatic rings. The number of sulfonamides is 1. The minimum absolute atomic E-state index is 0.00924. The Labute approximate surface area is 164 Å². The Morgan fingerprint density at radius 3 is 1.86 bits per heavy atom. The highest BCUT2D eigenvalue weighted by Crippen LogP contribution is 2.30. The highest BCUT2D eigenvalue weighted by atomic mass is 32.2. The predicted octanol–water partition coefficient (Wildman–Crippen LogP) is 2.56. The van der Waals surface area contributed by atoms with Crippen LogP contribution in [0.4, 0.5) is 11.4 Å². The topological polar surface area (TPSA) is 107 Å². The lowest BCUT2D eigenvalue weighted by Gasteiger charge is -2.15. The van der Waals surface area contributed by atoms with E-state index in [-0.39, 0.29) is 5.96 Å². The molecular weight excluding hydrogens is 386 g/mol. The van der Waals surface area contributed by atoms with E-state index in [0.29, 0.717) is 34.4 Å². The lowest BCUT2D eigenvalue weighted by molar-refractivity contribution is 0.355. The second kappa shape index (κ2) is 9.18. The van der Waals surface area contributed by atoms with Crippen molar-refractivity contribution in [1.82, 2.24) is 0 Å². The first kappa shape index (κ1) is 21.2. The highest BCUT2D eigenvalue weighted by molar-refractivity contribution is 7.89. The van der Waals surface area contributed by atoms with Gasteiger partial charge in [0.2, 0.25) is 5.96 Å². The number of rotatable bonds is 7. The number of guanidine groups is 1. The van der Waals surface area contributed by atoms with E-state index >= 15 is 0 Å². The summed E-state index contributed by atoms with van der Waals surface area (Å²) in [5.41, 5.74) is 1.06. The van der Waals surface area contributed by atoms with Gasteiger partial charge >= 0.3 is 0 Å². The fourth-order valence-corrected chi connectivity index (χ4v) is 2.73. The quantitative estimate of drug-likeness (QED) is 0.531. The third-order valence-corrected chi connectivity index (χ3v) is 4.03. The van der Waals surface area contributed by atoms with Crippen LogP contribution in [0.3, 0.4) is 0 Å². The number of benzene rings is 2. The van der Waals surface area contributed by atoms with Crippen LogP contribution in [0.5, 0.6) is 23.0 Å². The molecule has 0 spiro atoms. The van der Waals surface area contributed by atoms with Crippen LogP contribution in [0.2, 0.25) is 0 Å². The molecule has 9 nitrogen and oxygen atoms in total. The maximum atomic E-state index is 11.7. The summed E-state index contributed by atoms with van der Waals surface area (Å²) >= 11 is 0. The first-order valence-electron chi connectivity index (χ1n) is 8.07. The van der Waals surface area contributed by atoms with Gasteiger partial charge in [0.25, 0.3) is 10.0 Å². The lowest BCUT2D eigenvalue weighted by Crippen LogP contribution is -2.23. The van der Waals surface area contributed by atoms with Crippen molar-refractivity contribution in [1.29, 1.82) is 0 Å². The van der Waals surface area contributed by atoms with E-state index in [1.54, 1.807) is 36.4 Å². The number of methoxy groups -OCH3 is 4. The summed E-state index contributed by atoms with van der Waals surface area (Å²) in [6.07, 6.45) is 0.997. The Morgan fingerprint density at radius 1 is 0.786 bits per heavy atom. The maximum absolute atomic E-state index is 11.7. The van der Waals surface area contributed by atoms with Gasteiger partial charge in [-0.3, -0.25) is 0 Å². The van der Waals surface area contributed by atoms with E-state index in [1.165, 1.54) is 28.4 Å². The van der Waals surface area contributed by atoms with Crippen molar-refractivity contribution in [2.24, 2.45) is 4.40 Å². The molecule has 2 N–H and O–H groups in total. The molecule has 10 heteroatoms. The van der Waals surface area contributed by atoms with E-state index < -0.39 is 10.0 Å². The molecule has 2 aromatic carbocycles. The van der Waals surface area contributed by atoms with Gasteiger partial charge in [0.1, 0.15) is 11.5 Å². The summed E-state index contributed by atoms with van der Waals surface area (Å²) in [6.45, 7) is 0. The summed E-state index contributed by atoms with van der Waals surface area (Å²) in [4.78, 5) is 0. The molecule has 0 saturated carbocycles. The zero-order valence-electron chi connectivity index (χ0n) is 16.3. The molecule has 0 aliphatic heterocycles. The Hall–Kier alpha value is -3.14. The van der Waals surface area contributed by atoms with Crippen molar-refractivity contribution in [3.05, 3.63) is 36.4 Å². The first-order valence-corrected chi connectivity index (χ1v) is 9.92. The molecule has 0 saturated heterocycles. The highest BCUT2D eigenvalue weighted by Gasteiger charge is 2.11. The number of nitrogens with zero attached hydrogens (tertiary/aromatic N) is 1. The fourth-order valence-electron chi connectivity index (χ4n) is 2.31. The van der Waals surface area contributed by atoms with Gasteiger partial charge in [-0.25, -0.2) is 8.42 Å². The van der Waals surface area contributed by atoms with Crippen LogP contribution in [-0.2, 0) is 10.0 Å². The molecule has 0 fully saturated rings. The van der Waals surface area contributed by atoms with Gasteiger partial charge in [-0.2, -0.15) is 0 Å². The van der Waals surface area contributed by atoms with Gasteiger partial charge in [-0.05, 0) is 12.1 Å². The van der Waals surface area contributed by atoms with E-state index in [1.807, 2.05) is 0 Å². The monoisotopic (exact) mass is 409 g/mol. The van der Waals surface area contributed by atoms with Crippen molar-refractivity contribution in [2.45, 2.75) is 0 Å². The summed E-state index contributed by atoms with van der Waals surface area (Å²) in [6, 6.07) is 10.1. The van der Waals surface area contributed by atoms with Gasteiger partial charge < -0.3 is 29.6 Å². The summed E-state index contributed by atoms with van der Waals surface area (Å²) in [7, 11) is 2.40. The Balaban J connectivity index is 2.38. The first-order chi connectivity index (χ1) is 13.3. The summed E-state index contributed by atoms with van der Waals surface area (Å²) in [5.74, 6) is 2.08. The second-order valence-electron chi connectivity index (χ2n) is 5.59. The summed E-state index contributed by atoms with van der Waals surface area (Å²) < 4.78 is 48.1. The average molecular weight is 409 g/mol. The standard InChI is InChI=1S/C18H23N3O6S/c1-24-14-8-13(9-15(11-14)25-2)20-18(21-28(5,22)23)19-12-6-7-16(26-3)17(10-12)27-4/h6-11H,1-5H3,(H2,19,20,21). The largest absolute Gasteiger partial charge is 0.497 e. The van der Waals surface area contributed by atoms with E-state index in [4.69, 9.17) is 18.9 Å². The Bertz CT molecular complexity index is 938. The molecule has 2 rings (SSSR count). The van der Waals surface area contributed by atoms with Crippen molar-refractivity contribution >= 4 is 27.4 Å². The van der Waals surface area contributed by atoms with Crippen LogP contribution in [0.1, 0.15) is 0 Å². The predicted molar refractivity (Wildman–Crippen MR) is 109 cm³/mol. The second-order valence-corrected chi connectivity index (χ2v) is 7.24. The van der Waals surface area contributed by atoms with Gasteiger partial charge in [-0.15, -0.1) is 4.40 Å². The molecule has 0 aliphatic rings. The van der Waals surface area contributed by atoms with Crippen LogP contribution in [0.25, 0.3) is 0 Å². The van der Waals surface area contributed by atoms with Crippen molar-refractivity contribution in [2.75, 3.05) is 45.3 Å². The van der Waals surface area contributed by atoms with Crippen molar-refractivity contribution in [3.63, 3.8) is 0 Å². The van der Waals surface area contributed by atoms with Crippen LogP contribution >= 0.6 is 0 Å². The van der Waals surface area contributed by atoms with Crippen LogP contribution in [0.15, 0.2) is 40.8 Å². The van der Waals surface area contributed by atoms with E-state index in [9.17, 15) is 8.42 Å². The normalized spacial score (nSPS) is 11.5. The zero-order valence-corrected chi connectivity index (χ0v) is 17.1. The molecule has 0 unspecified atom stereocenters. The third kappa shape index (κ3) is 5.95. The van der Waals surface area contributed by atoms with Gasteiger partial charge in [-0.1, -0.05) is 0 Å². The number of ether oxygens (including phenoxy) is 4. The number of hydrogen-bond acceptors (Lipinski definition) is 6. The van der Waals surface area contributed by atoms with Crippen LogP contribution in [0, 0.1) is 0 Å². The SMILES string of the molecule is COc1cc(N/C(=N\S(C)(=O)=O)Nc2ccc(OC)c(OC)c2)cc(OC)c1. The number of anilines is 2. The summed E-state index contributed by atoms with van der Waals surface area (Å²) in [5, 5.41) is 5.85. The molecule has 0 bridgehead atoms. The lowest BCUT2D eigenvalue weighted by atomic mass is 10.2. The molecular formula is C18H23N3O6S. The van der Waals surface area contributed by atoms with Gasteiger partial charge in [0.05, 0.1) is 34.7 Å². The fraction of sp³-hybridized carbons (Fsp3) is 0.278. The smallest absolute Gasteiger partial charge is 0.253 e. The molecule has 0 radical (unpaired) electrons.